The summed E-state index contributed by atoms with van der Waals surface area (Å²) in [6.45, 7) is 4.81. The summed E-state index contributed by atoms with van der Waals surface area (Å²) in [5, 5.41) is 7.43. The molecule has 0 saturated carbocycles. The first-order chi connectivity index (χ1) is 28.0. The normalized spacial score (nSPS) is 17.7. The fourth-order valence-corrected chi connectivity index (χ4v) is 9.47. The van der Waals surface area contributed by atoms with Gasteiger partial charge in [0.05, 0.1) is 17.4 Å². The Balaban J connectivity index is 1.05. The van der Waals surface area contributed by atoms with Gasteiger partial charge in [-0.1, -0.05) is 147 Å². The zero-order valence-corrected chi connectivity index (χ0v) is 32.0. The van der Waals surface area contributed by atoms with E-state index in [9.17, 15) is 0 Å². The number of allylic oxidation sites excluding steroid dienone is 3. The molecule has 57 heavy (non-hydrogen) atoms. The van der Waals surface area contributed by atoms with Gasteiger partial charge in [-0.05, 0) is 110 Å². The number of dihydropyridines is 1. The van der Waals surface area contributed by atoms with E-state index < -0.39 is 0 Å². The quantitative estimate of drug-likeness (QED) is 0.170. The monoisotopic (exact) mass is 731 g/mol. The van der Waals surface area contributed by atoms with Crippen molar-refractivity contribution in [2.45, 2.75) is 25.3 Å². The zero-order chi connectivity index (χ0) is 38.1. The van der Waals surface area contributed by atoms with Gasteiger partial charge in [0.2, 0.25) is 0 Å². The number of nitrogens with zero attached hydrogens (tertiary/aromatic N) is 3. The fraction of sp³-hybridized carbons (Fsp3) is 0.0926. The second kappa shape index (κ2) is 13.1. The number of rotatable bonds is 6. The summed E-state index contributed by atoms with van der Waals surface area (Å²) < 4.78 is 0. The van der Waals surface area contributed by atoms with Crippen LogP contribution >= 0.6 is 0 Å². The number of hydrogen-bond donors (Lipinski definition) is 0. The van der Waals surface area contributed by atoms with Crippen molar-refractivity contribution in [2.24, 2.45) is 10.9 Å². The van der Waals surface area contributed by atoms with E-state index in [1.807, 2.05) is 0 Å². The van der Waals surface area contributed by atoms with Crippen molar-refractivity contribution in [1.82, 2.24) is 0 Å². The average molecular weight is 732 g/mol. The molecule has 1 aliphatic heterocycles. The van der Waals surface area contributed by atoms with Gasteiger partial charge < -0.3 is 9.80 Å². The van der Waals surface area contributed by atoms with Gasteiger partial charge in [-0.25, -0.2) is 0 Å². The van der Waals surface area contributed by atoms with Crippen LogP contribution in [-0.2, 0) is 5.41 Å². The van der Waals surface area contributed by atoms with E-state index in [-0.39, 0.29) is 17.4 Å². The Morgan fingerprint density at radius 3 is 1.67 bits per heavy atom. The highest BCUT2D eigenvalue weighted by Crippen LogP contribution is 2.57. The molecule has 2 atom stereocenters. The average Bonchev–Trinajstić information content (AvgIpc) is 3.48. The Labute approximate surface area is 333 Å². The number of aliphatic imine (C=N–C) groups is 1. The number of para-hydroxylation sites is 2. The molecule has 0 bridgehead atoms. The molecule has 8 aromatic rings. The molecule has 0 N–H and O–H groups in total. The third-order valence-electron chi connectivity index (χ3n) is 12.3. The summed E-state index contributed by atoms with van der Waals surface area (Å²) in [5.74, 6) is 0.119. The number of anilines is 5. The van der Waals surface area contributed by atoms with Crippen molar-refractivity contribution in [3.63, 3.8) is 0 Å². The van der Waals surface area contributed by atoms with Crippen molar-refractivity contribution in [2.75, 3.05) is 9.80 Å². The highest BCUT2D eigenvalue weighted by molar-refractivity contribution is 6.10. The molecule has 0 aromatic heterocycles. The molecular formula is C54H41N3. The summed E-state index contributed by atoms with van der Waals surface area (Å²) in [6, 6.07) is 63.7. The number of hydrogen-bond acceptors (Lipinski definition) is 3. The van der Waals surface area contributed by atoms with Crippen molar-refractivity contribution in [1.29, 1.82) is 0 Å². The first kappa shape index (κ1) is 33.4. The SMILES string of the molecule is CC1(C)C2=CC3C=C(N(c4ccccc4)c4ccc5ccccc5c4)C=NC3C=C2c2c1cc(N(c1ccccc1)c1ccc3ccccc3c1)c1ccccc21. The lowest BCUT2D eigenvalue weighted by molar-refractivity contribution is 0.620. The third kappa shape index (κ3) is 5.45. The van der Waals surface area contributed by atoms with Gasteiger partial charge in [0.1, 0.15) is 0 Å². The molecule has 0 spiro atoms. The molecule has 0 amide bonds. The largest absolute Gasteiger partial charge is 0.310 e. The van der Waals surface area contributed by atoms with Gasteiger partial charge in [-0.2, -0.15) is 0 Å². The molecule has 8 aromatic carbocycles. The van der Waals surface area contributed by atoms with Crippen molar-refractivity contribution in [3.8, 4) is 0 Å². The van der Waals surface area contributed by atoms with E-state index in [0.717, 1.165) is 28.4 Å². The van der Waals surface area contributed by atoms with Crippen LogP contribution in [-0.4, -0.2) is 12.3 Å². The van der Waals surface area contributed by atoms with Gasteiger partial charge in [0.25, 0.3) is 0 Å². The number of benzene rings is 8. The highest BCUT2D eigenvalue weighted by atomic mass is 15.2. The predicted molar refractivity (Wildman–Crippen MR) is 242 cm³/mol. The molecular weight excluding hydrogens is 691 g/mol. The lowest BCUT2D eigenvalue weighted by Gasteiger charge is -2.33. The van der Waals surface area contributed by atoms with E-state index in [2.05, 4.69) is 224 Å². The van der Waals surface area contributed by atoms with E-state index in [1.165, 1.54) is 60.3 Å². The minimum atomic E-state index is -0.233. The Morgan fingerprint density at radius 2 is 1.02 bits per heavy atom. The van der Waals surface area contributed by atoms with Gasteiger partial charge in [-0.3, -0.25) is 4.99 Å². The molecule has 2 unspecified atom stereocenters. The molecule has 3 aliphatic rings. The third-order valence-corrected chi connectivity index (χ3v) is 12.3. The Kier molecular flexibility index (Phi) is 7.65. The molecule has 0 radical (unpaired) electrons. The second-order valence-corrected chi connectivity index (χ2v) is 16.0. The molecule has 1 heterocycles. The van der Waals surface area contributed by atoms with Crippen LogP contribution in [0, 0.1) is 5.92 Å². The summed E-state index contributed by atoms with van der Waals surface area (Å²) in [5.41, 5.74) is 11.9. The maximum absolute atomic E-state index is 5.31. The molecule has 3 heteroatoms. The lowest BCUT2D eigenvalue weighted by Crippen LogP contribution is -2.28. The molecule has 0 fully saturated rings. The number of fused-ring (bicyclic) bond motifs is 8. The first-order valence-electron chi connectivity index (χ1n) is 20.0. The Bertz CT molecular complexity index is 3010. The second-order valence-electron chi connectivity index (χ2n) is 16.0. The Hall–Kier alpha value is -6.97. The van der Waals surface area contributed by atoms with Gasteiger partial charge in [-0.15, -0.1) is 0 Å². The van der Waals surface area contributed by atoms with Crippen molar-refractivity contribution in [3.05, 3.63) is 217 Å². The van der Waals surface area contributed by atoms with E-state index in [1.54, 1.807) is 0 Å². The van der Waals surface area contributed by atoms with Crippen molar-refractivity contribution >= 4 is 72.5 Å². The van der Waals surface area contributed by atoms with Crippen LogP contribution in [0.2, 0.25) is 0 Å². The van der Waals surface area contributed by atoms with E-state index in [0.29, 0.717) is 0 Å². The summed E-state index contributed by atoms with van der Waals surface area (Å²) in [4.78, 5) is 10.1. The molecule has 3 nitrogen and oxygen atoms in total. The molecule has 2 aliphatic carbocycles. The topological polar surface area (TPSA) is 18.8 Å². The van der Waals surface area contributed by atoms with Crippen LogP contribution in [0.4, 0.5) is 28.4 Å². The molecule has 11 rings (SSSR count). The summed E-state index contributed by atoms with van der Waals surface area (Å²) in [6.07, 6.45) is 9.49. The standard InChI is InChI=1S/C54H41N3/c1-54(2)49-32-40-31-45(56(41-19-5-3-6-20-41)43-27-25-36-15-9-11-17-38(36)29-43)35-55-51(40)33-48(49)53-47-24-14-13-23-46(47)52(34-50(53)54)57(42-21-7-4-8-22-42)44-28-26-37-16-10-12-18-39(37)30-44/h3-35,40,51H,1-2H3. The molecule has 272 valence electrons. The smallest absolute Gasteiger partial charge is 0.0788 e. The summed E-state index contributed by atoms with van der Waals surface area (Å²) >= 11 is 0. The lowest BCUT2D eigenvalue weighted by atomic mass is 9.76. The van der Waals surface area contributed by atoms with E-state index in [4.69, 9.17) is 4.99 Å². The van der Waals surface area contributed by atoms with Crippen LogP contribution in [0.1, 0.15) is 25.0 Å². The predicted octanol–water partition coefficient (Wildman–Crippen LogP) is 14.0. The fourth-order valence-electron chi connectivity index (χ4n) is 9.47. The van der Waals surface area contributed by atoms with Gasteiger partial charge in [0, 0.05) is 45.7 Å². The van der Waals surface area contributed by atoms with Crippen LogP contribution in [0.3, 0.4) is 0 Å². The maximum Gasteiger partial charge on any atom is 0.0788 e. The summed E-state index contributed by atoms with van der Waals surface area (Å²) in [7, 11) is 0. The Morgan fingerprint density at radius 1 is 0.474 bits per heavy atom. The van der Waals surface area contributed by atoms with Crippen LogP contribution < -0.4 is 9.80 Å². The minimum Gasteiger partial charge on any atom is -0.310 e. The minimum absolute atomic E-state index is 0.0142. The van der Waals surface area contributed by atoms with Gasteiger partial charge in [0.15, 0.2) is 0 Å². The van der Waals surface area contributed by atoms with Gasteiger partial charge >= 0.3 is 0 Å². The van der Waals surface area contributed by atoms with E-state index >= 15 is 0 Å². The van der Waals surface area contributed by atoms with Crippen LogP contribution in [0.25, 0.3) is 37.9 Å². The van der Waals surface area contributed by atoms with Crippen LogP contribution in [0.5, 0.6) is 0 Å². The zero-order valence-electron chi connectivity index (χ0n) is 32.0. The maximum atomic E-state index is 5.31. The molecule has 0 saturated heterocycles. The first-order valence-corrected chi connectivity index (χ1v) is 20.0. The van der Waals surface area contributed by atoms with Crippen molar-refractivity contribution < 1.29 is 0 Å². The highest BCUT2D eigenvalue weighted by Gasteiger charge is 2.43. The van der Waals surface area contributed by atoms with Crippen LogP contribution in [0.15, 0.2) is 210 Å².